The van der Waals surface area contributed by atoms with Gasteiger partial charge in [0.25, 0.3) is 0 Å². The highest BCUT2D eigenvalue weighted by atomic mass is 16.5. The molecule has 0 amide bonds. The van der Waals surface area contributed by atoms with E-state index < -0.39 is 5.97 Å². The maximum Gasteiger partial charge on any atom is 0.337 e. The zero-order valence-electron chi connectivity index (χ0n) is 11.7. The van der Waals surface area contributed by atoms with Crippen LogP contribution in [0.2, 0.25) is 0 Å². The minimum Gasteiger partial charge on any atom is -0.497 e. The summed E-state index contributed by atoms with van der Waals surface area (Å²) in [5.74, 6) is -0.179. The lowest BCUT2D eigenvalue weighted by Crippen LogP contribution is -1.96. The van der Waals surface area contributed by atoms with E-state index in [1.54, 1.807) is 19.2 Å². The molecule has 0 aliphatic rings. The van der Waals surface area contributed by atoms with Gasteiger partial charge in [-0.1, -0.05) is 0 Å². The molecule has 0 fully saturated rings. The molecule has 106 valence electrons. The molecule has 5 nitrogen and oxygen atoms in total. The molecule has 2 aromatic heterocycles. The van der Waals surface area contributed by atoms with E-state index in [1.165, 1.54) is 6.20 Å². The van der Waals surface area contributed by atoms with E-state index in [-0.39, 0.29) is 5.56 Å². The zero-order chi connectivity index (χ0) is 15.0. The Bertz CT molecular complexity index is 819. The minimum absolute atomic E-state index is 0.181. The largest absolute Gasteiger partial charge is 0.497 e. The topological polar surface area (TPSA) is 64.3 Å². The first-order chi connectivity index (χ1) is 10.1. The van der Waals surface area contributed by atoms with Gasteiger partial charge in [0.1, 0.15) is 5.75 Å². The van der Waals surface area contributed by atoms with Crippen molar-refractivity contribution in [1.82, 2.24) is 9.55 Å². The number of methoxy groups -OCH3 is 1. The highest BCUT2D eigenvalue weighted by Crippen LogP contribution is 2.31. The van der Waals surface area contributed by atoms with Crippen LogP contribution in [0.3, 0.4) is 0 Å². The molecule has 0 unspecified atom stereocenters. The number of aromatic nitrogens is 2. The third-order valence-electron chi connectivity index (χ3n) is 3.48. The summed E-state index contributed by atoms with van der Waals surface area (Å²) in [7, 11) is 3.59. The van der Waals surface area contributed by atoms with E-state index in [4.69, 9.17) is 9.84 Å². The van der Waals surface area contributed by atoms with Gasteiger partial charge < -0.3 is 14.4 Å². The van der Waals surface area contributed by atoms with Crippen LogP contribution in [0, 0.1) is 0 Å². The third-order valence-corrected chi connectivity index (χ3v) is 3.48. The van der Waals surface area contributed by atoms with Crippen molar-refractivity contribution in [2.75, 3.05) is 7.11 Å². The van der Waals surface area contributed by atoms with Crippen LogP contribution in [-0.4, -0.2) is 27.7 Å². The van der Waals surface area contributed by atoms with Crippen molar-refractivity contribution < 1.29 is 14.6 Å². The van der Waals surface area contributed by atoms with E-state index in [0.717, 1.165) is 27.9 Å². The molecule has 0 aliphatic carbocycles. The van der Waals surface area contributed by atoms with Crippen LogP contribution in [-0.2, 0) is 7.05 Å². The number of ether oxygens (including phenoxy) is 1. The van der Waals surface area contributed by atoms with Gasteiger partial charge in [0.05, 0.1) is 23.9 Å². The molecular formula is C16H14N2O3. The van der Waals surface area contributed by atoms with E-state index in [9.17, 15) is 4.79 Å². The molecule has 0 radical (unpaired) electrons. The first-order valence-electron chi connectivity index (χ1n) is 6.43. The quantitative estimate of drug-likeness (QED) is 0.802. The number of aryl methyl sites for hydroxylation is 1. The van der Waals surface area contributed by atoms with Crippen molar-refractivity contribution in [2.45, 2.75) is 0 Å². The van der Waals surface area contributed by atoms with Crippen LogP contribution >= 0.6 is 0 Å². The Balaban J connectivity index is 2.14. The number of benzene rings is 1. The summed E-state index contributed by atoms with van der Waals surface area (Å²) in [5, 5.41) is 9.97. The van der Waals surface area contributed by atoms with Crippen LogP contribution < -0.4 is 4.74 Å². The summed E-state index contributed by atoms with van der Waals surface area (Å²) in [6, 6.07) is 9.13. The van der Waals surface area contributed by atoms with Crippen LogP contribution in [0.15, 0.2) is 42.7 Å². The number of carboxylic acid groups (broad SMARTS) is 1. The Kier molecular flexibility index (Phi) is 3.10. The van der Waals surface area contributed by atoms with Gasteiger partial charge >= 0.3 is 5.97 Å². The van der Waals surface area contributed by atoms with E-state index in [1.807, 2.05) is 36.0 Å². The van der Waals surface area contributed by atoms with Crippen molar-refractivity contribution >= 4 is 16.9 Å². The van der Waals surface area contributed by atoms with Gasteiger partial charge in [0, 0.05) is 36.5 Å². The van der Waals surface area contributed by atoms with Crippen molar-refractivity contribution in [3.05, 3.63) is 48.3 Å². The fourth-order valence-corrected chi connectivity index (χ4v) is 2.37. The van der Waals surface area contributed by atoms with Crippen molar-refractivity contribution in [1.29, 1.82) is 0 Å². The molecule has 0 saturated heterocycles. The first kappa shape index (κ1) is 13.2. The molecule has 2 heterocycles. The number of rotatable bonds is 3. The van der Waals surface area contributed by atoms with Gasteiger partial charge in [-0.3, -0.25) is 4.98 Å². The lowest BCUT2D eigenvalue weighted by molar-refractivity contribution is 0.0696. The monoisotopic (exact) mass is 282 g/mol. The summed E-state index contributed by atoms with van der Waals surface area (Å²) in [6.07, 6.45) is 3.35. The van der Waals surface area contributed by atoms with Crippen LogP contribution in [0.1, 0.15) is 10.4 Å². The summed E-state index contributed by atoms with van der Waals surface area (Å²) in [6.45, 7) is 0. The first-order valence-corrected chi connectivity index (χ1v) is 6.43. The maximum absolute atomic E-state index is 10.9. The lowest BCUT2D eigenvalue weighted by atomic mass is 10.1. The summed E-state index contributed by atoms with van der Waals surface area (Å²) in [4.78, 5) is 15.1. The molecule has 0 atom stereocenters. The van der Waals surface area contributed by atoms with Gasteiger partial charge in [-0.05, 0) is 24.3 Å². The number of aromatic carboxylic acids is 1. The predicted octanol–water partition coefficient (Wildman–Crippen LogP) is 2.95. The molecule has 3 rings (SSSR count). The van der Waals surface area contributed by atoms with Crippen molar-refractivity contribution in [2.24, 2.45) is 7.05 Å². The molecule has 0 aliphatic heterocycles. The Morgan fingerprint density at radius 2 is 2.10 bits per heavy atom. The average Bonchev–Trinajstić information content (AvgIpc) is 2.84. The second-order valence-electron chi connectivity index (χ2n) is 4.77. The zero-order valence-corrected chi connectivity index (χ0v) is 11.7. The number of nitrogens with zero attached hydrogens (tertiary/aromatic N) is 2. The second kappa shape index (κ2) is 4.94. The number of pyridine rings is 1. The Morgan fingerprint density at radius 1 is 1.29 bits per heavy atom. The summed E-state index contributed by atoms with van der Waals surface area (Å²) < 4.78 is 7.24. The normalized spacial score (nSPS) is 10.8. The van der Waals surface area contributed by atoms with E-state index >= 15 is 0 Å². The number of hydrogen-bond acceptors (Lipinski definition) is 3. The fraction of sp³-hybridized carbons (Fsp3) is 0.125. The lowest BCUT2D eigenvalue weighted by Gasteiger charge is -2.02. The molecule has 3 aromatic rings. The van der Waals surface area contributed by atoms with Crippen molar-refractivity contribution in [3.63, 3.8) is 0 Å². The molecule has 0 saturated carbocycles. The molecule has 1 aromatic carbocycles. The number of carboxylic acids is 1. The third kappa shape index (κ3) is 2.23. The molecule has 0 bridgehead atoms. The van der Waals surface area contributed by atoms with Crippen LogP contribution in [0.4, 0.5) is 0 Å². The smallest absolute Gasteiger partial charge is 0.337 e. The Labute approximate surface area is 121 Å². The van der Waals surface area contributed by atoms with Gasteiger partial charge in [-0.15, -0.1) is 0 Å². The van der Waals surface area contributed by atoms with Crippen molar-refractivity contribution in [3.8, 4) is 17.0 Å². The second-order valence-corrected chi connectivity index (χ2v) is 4.77. The Hall–Kier alpha value is -2.82. The number of hydrogen-bond donors (Lipinski definition) is 1. The van der Waals surface area contributed by atoms with Gasteiger partial charge in [0.2, 0.25) is 0 Å². The summed E-state index contributed by atoms with van der Waals surface area (Å²) in [5.41, 5.74) is 2.93. The molecule has 1 N–H and O–H groups in total. The maximum atomic E-state index is 10.9. The molecule has 0 spiro atoms. The Morgan fingerprint density at radius 3 is 2.71 bits per heavy atom. The standard InChI is InChI=1S/C16H14N2O3/c1-18-9-13(12-5-4-11(21-2)7-15(12)18)14-6-3-10(8-17-14)16(19)20/h3-9H,1-2H3,(H,19,20). The van der Waals surface area contributed by atoms with Crippen LogP contribution in [0.25, 0.3) is 22.2 Å². The number of carbonyl (C=O) groups is 1. The van der Waals surface area contributed by atoms with E-state index in [2.05, 4.69) is 4.98 Å². The molecule has 5 heteroatoms. The van der Waals surface area contributed by atoms with E-state index in [0.29, 0.717) is 0 Å². The average molecular weight is 282 g/mol. The van der Waals surface area contributed by atoms with Gasteiger partial charge in [-0.25, -0.2) is 4.79 Å². The minimum atomic E-state index is -0.975. The SMILES string of the molecule is COc1ccc2c(-c3ccc(C(=O)O)cn3)cn(C)c2c1. The van der Waals surface area contributed by atoms with Gasteiger partial charge in [0.15, 0.2) is 0 Å². The summed E-state index contributed by atoms with van der Waals surface area (Å²) >= 11 is 0. The fourth-order valence-electron chi connectivity index (χ4n) is 2.37. The predicted molar refractivity (Wildman–Crippen MR) is 79.7 cm³/mol. The van der Waals surface area contributed by atoms with Gasteiger partial charge in [-0.2, -0.15) is 0 Å². The highest BCUT2D eigenvalue weighted by Gasteiger charge is 2.11. The number of fused-ring (bicyclic) bond motifs is 1. The highest BCUT2D eigenvalue weighted by molar-refractivity contribution is 5.96. The van der Waals surface area contributed by atoms with Crippen LogP contribution in [0.5, 0.6) is 5.75 Å². The molecular weight excluding hydrogens is 268 g/mol. The molecule has 21 heavy (non-hydrogen) atoms.